The van der Waals surface area contributed by atoms with Crippen LogP contribution in [0.25, 0.3) is 0 Å². The summed E-state index contributed by atoms with van der Waals surface area (Å²) in [6.45, 7) is 3.11. The van der Waals surface area contributed by atoms with E-state index >= 15 is 0 Å². The summed E-state index contributed by atoms with van der Waals surface area (Å²) < 4.78 is 24.6. The average molecular weight is 400 g/mol. The van der Waals surface area contributed by atoms with E-state index in [1.54, 1.807) is 30.0 Å². The van der Waals surface area contributed by atoms with Crippen LogP contribution in [0.2, 0.25) is 0 Å². The van der Waals surface area contributed by atoms with Crippen LogP contribution in [-0.4, -0.2) is 43.0 Å². The minimum absolute atomic E-state index is 0.0215. The standard InChI is InChI=1S/C22H25FN2O4/c1-2-28-20-9-8-17(14-19(20)23)24-22(27)16-10-12-25(13-11-16)21(26)15-29-18-6-4-3-5-7-18/h3-9,14,16H,2,10-13,15H2,1H3,(H,24,27). The van der Waals surface area contributed by atoms with Crippen LogP contribution in [0.3, 0.4) is 0 Å². The lowest BCUT2D eigenvalue weighted by Gasteiger charge is -2.31. The Kier molecular flexibility index (Phi) is 7.05. The van der Waals surface area contributed by atoms with Crippen molar-refractivity contribution in [3.8, 4) is 11.5 Å². The molecule has 154 valence electrons. The predicted molar refractivity (Wildman–Crippen MR) is 107 cm³/mol. The highest BCUT2D eigenvalue weighted by Crippen LogP contribution is 2.24. The summed E-state index contributed by atoms with van der Waals surface area (Å²) in [6, 6.07) is 13.5. The van der Waals surface area contributed by atoms with Gasteiger partial charge in [-0.25, -0.2) is 4.39 Å². The molecule has 0 bridgehead atoms. The fraction of sp³-hybridized carbons (Fsp3) is 0.364. The van der Waals surface area contributed by atoms with Crippen molar-refractivity contribution < 1.29 is 23.5 Å². The van der Waals surface area contributed by atoms with E-state index < -0.39 is 5.82 Å². The van der Waals surface area contributed by atoms with E-state index in [9.17, 15) is 14.0 Å². The molecule has 0 spiro atoms. The Morgan fingerprint density at radius 2 is 1.83 bits per heavy atom. The molecule has 1 aliphatic heterocycles. The zero-order valence-corrected chi connectivity index (χ0v) is 16.4. The van der Waals surface area contributed by atoms with Crippen LogP contribution in [0.1, 0.15) is 19.8 Å². The van der Waals surface area contributed by atoms with Crippen molar-refractivity contribution in [2.75, 3.05) is 31.6 Å². The third-order valence-electron chi connectivity index (χ3n) is 4.82. The van der Waals surface area contributed by atoms with E-state index in [0.717, 1.165) is 0 Å². The topological polar surface area (TPSA) is 67.9 Å². The van der Waals surface area contributed by atoms with Gasteiger partial charge in [-0.15, -0.1) is 0 Å². The lowest BCUT2D eigenvalue weighted by atomic mass is 9.95. The molecule has 7 heteroatoms. The second-order valence-electron chi connectivity index (χ2n) is 6.82. The summed E-state index contributed by atoms with van der Waals surface area (Å²) in [5.74, 6) is -0.178. The van der Waals surface area contributed by atoms with Gasteiger partial charge in [0.1, 0.15) is 5.75 Å². The molecule has 1 heterocycles. The minimum Gasteiger partial charge on any atom is -0.491 e. The molecule has 2 aromatic rings. The van der Waals surface area contributed by atoms with Gasteiger partial charge >= 0.3 is 0 Å². The number of likely N-dealkylation sites (tertiary alicyclic amines) is 1. The number of carbonyl (C=O) groups is 2. The first kappa shape index (κ1) is 20.6. The van der Waals surface area contributed by atoms with Crippen LogP contribution in [0.4, 0.5) is 10.1 Å². The molecular formula is C22H25FN2O4. The Bertz CT molecular complexity index is 836. The molecule has 29 heavy (non-hydrogen) atoms. The van der Waals surface area contributed by atoms with Gasteiger partial charge in [0.2, 0.25) is 5.91 Å². The van der Waals surface area contributed by atoms with Gasteiger partial charge in [0.05, 0.1) is 6.61 Å². The van der Waals surface area contributed by atoms with E-state index in [-0.39, 0.29) is 30.1 Å². The summed E-state index contributed by atoms with van der Waals surface area (Å²) in [5.41, 5.74) is 0.394. The lowest BCUT2D eigenvalue weighted by Crippen LogP contribution is -2.43. The first-order chi connectivity index (χ1) is 14.1. The van der Waals surface area contributed by atoms with Gasteiger partial charge in [0.25, 0.3) is 5.91 Å². The van der Waals surface area contributed by atoms with Crippen LogP contribution < -0.4 is 14.8 Å². The number of hydrogen-bond donors (Lipinski definition) is 1. The maximum atomic E-state index is 13.9. The average Bonchev–Trinajstić information content (AvgIpc) is 2.75. The molecule has 3 rings (SSSR count). The van der Waals surface area contributed by atoms with E-state index in [2.05, 4.69) is 5.32 Å². The number of carbonyl (C=O) groups excluding carboxylic acids is 2. The van der Waals surface area contributed by atoms with Gasteiger partial charge < -0.3 is 19.7 Å². The van der Waals surface area contributed by atoms with Gasteiger partial charge in [-0.05, 0) is 44.0 Å². The SMILES string of the molecule is CCOc1ccc(NC(=O)C2CCN(C(=O)COc3ccccc3)CC2)cc1F. The van der Waals surface area contributed by atoms with E-state index in [1.807, 2.05) is 18.2 Å². The molecule has 0 atom stereocenters. The van der Waals surface area contributed by atoms with Crippen LogP contribution in [-0.2, 0) is 9.59 Å². The first-order valence-electron chi connectivity index (χ1n) is 9.75. The molecule has 0 aromatic heterocycles. The van der Waals surface area contributed by atoms with Crippen LogP contribution in [0, 0.1) is 11.7 Å². The number of rotatable bonds is 7. The van der Waals surface area contributed by atoms with Crippen molar-refractivity contribution in [3.05, 3.63) is 54.3 Å². The first-order valence-corrected chi connectivity index (χ1v) is 9.75. The Balaban J connectivity index is 1.45. The Morgan fingerprint density at radius 1 is 1.10 bits per heavy atom. The fourth-order valence-electron chi connectivity index (χ4n) is 3.24. The molecule has 0 radical (unpaired) electrons. The molecule has 2 aromatic carbocycles. The summed E-state index contributed by atoms with van der Waals surface area (Å²) in [4.78, 5) is 26.5. The number of piperidine rings is 1. The quantitative estimate of drug-likeness (QED) is 0.773. The summed E-state index contributed by atoms with van der Waals surface area (Å²) in [5, 5.41) is 2.75. The largest absolute Gasteiger partial charge is 0.491 e. The summed E-state index contributed by atoms with van der Waals surface area (Å²) in [7, 11) is 0. The highest BCUT2D eigenvalue weighted by Gasteiger charge is 2.27. The van der Waals surface area contributed by atoms with Crippen LogP contribution >= 0.6 is 0 Å². The minimum atomic E-state index is -0.511. The van der Waals surface area contributed by atoms with Crippen LogP contribution in [0.15, 0.2) is 48.5 Å². The number of ether oxygens (including phenoxy) is 2. The number of anilines is 1. The number of para-hydroxylation sites is 1. The van der Waals surface area contributed by atoms with E-state index in [4.69, 9.17) is 9.47 Å². The van der Waals surface area contributed by atoms with Gasteiger partial charge in [-0.2, -0.15) is 0 Å². The third kappa shape index (κ3) is 5.70. The Hall–Kier alpha value is -3.09. The van der Waals surface area contributed by atoms with Crippen molar-refractivity contribution in [3.63, 3.8) is 0 Å². The number of amides is 2. The summed E-state index contributed by atoms with van der Waals surface area (Å²) >= 11 is 0. The van der Waals surface area contributed by atoms with Crippen molar-refractivity contribution in [2.45, 2.75) is 19.8 Å². The molecule has 2 amide bonds. The van der Waals surface area contributed by atoms with Gasteiger partial charge in [-0.3, -0.25) is 9.59 Å². The van der Waals surface area contributed by atoms with E-state index in [1.165, 1.54) is 12.1 Å². The van der Waals surface area contributed by atoms with Crippen LogP contribution in [0.5, 0.6) is 11.5 Å². The number of hydrogen-bond acceptors (Lipinski definition) is 4. The van der Waals surface area contributed by atoms with Gasteiger partial charge in [0.15, 0.2) is 18.2 Å². The second-order valence-corrected chi connectivity index (χ2v) is 6.82. The zero-order valence-electron chi connectivity index (χ0n) is 16.4. The van der Waals surface area contributed by atoms with E-state index in [0.29, 0.717) is 44.0 Å². The Morgan fingerprint density at radius 3 is 2.48 bits per heavy atom. The van der Waals surface area contributed by atoms with Gasteiger partial charge in [0, 0.05) is 30.8 Å². The normalized spacial score (nSPS) is 14.3. The maximum absolute atomic E-state index is 13.9. The molecule has 1 aliphatic rings. The zero-order chi connectivity index (χ0) is 20.6. The molecule has 1 saturated heterocycles. The third-order valence-corrected chi connectivity index (χ3v) is 4.82. The molecule has 1 N–H and O–H groups in total. The molecular weight excluding hydrogens is 375 g/mol. The molecule has 0 saturated carbocycles. The monoisotopic (exact) mass is 400 g/mol. The highest BCUT2D eigenvalue weighted by atomic mass is 19.1. The molecule has 0 unspecified atom stereocenters. The van der Waals surface area contributed by atoms with Crippen molar-refractivity contribution >= 4 is 17.5 Å². The number of nitrogens with zero attached hydrogens (tertiary/aromatic N) is 1. The molecule has 6 nitrogen and oxygen atoms in total. The number of halogens is 1. The van der Waals surface area contributed by atoms with Crippen molar-refractivity contribution in [1.82, 2.24) is 4.90 Å². The number of nitrogens with one attached hydrogen (secondary N) is 1. The Labute approximate surface area is 169 Å². The maximum Gasteiger partial charge on any atom is 0.260 e. The number of benzene rings is 2. The smallest absolute Gasteiger partial charge is 0.260 e. The van der Waals surface area contributed by atoms with Crippen molar-refractivity contribution in [2.24, 2.45) is 5.92 Å². The van der Waals surface area contributed by atoms with Gasteiger partial charge in [-0.1, -0.05) is 18.2 Å². The highest BCUT2D eigenvalue weighted by molar-refractivity contribution is 5.92. The summed E-state index contributed by atoms with van der Waals surface area (Å²) in [6.07, 6.45) is 1.12. The molecule has 1 fully saturated rings. The van der Waals surface area contributed by atoms with Crippen molar-refractivity contribution in [1.29, 1.82) is 0 Å². The molecule has 0 aliphatic carbocycles. The fourth-order valence-corrected chi connectivity index (χ4v) is 3.24. The predicted octanol–water partition coefficient (Wildman–Crippen LogP) is 3.48. The lowest BCUT2D eigenvalue weighted by molar-refractivity contribution is -0.136. The second kappa shape index (κ2) is 9.91.